The zero-order chi connectivity index (χ0) is 22.8. The van der Waals surface area contributed by atoms with Crippen LogP contribution in [0.3, 0.4) is 0 Å². The van der Waals surface area contributed by atoms with Gasteiger partial charge in [-0.05, 0) is 35.9 Å². The number of fused-ring (bicyclic) bond motifs is 4. The first kappa shape index (κ1) is 20.6. The molecule has 166 valence electrons. The zero-order valence-corrected chi connectivity index (χ0v) is 18.0. The minimum absolute atomic E-state index is 0.233. The molecular weight excluding hydrogens is 420 g/mol. The number of benzene rings is 3. The Balaban J connectivity index is 1.28. The number of para-hydroxylation sites is 2. The molecule has 7 heteroatoms. The third-order valence-corrected chi connectivity index (χ3v) is 5.64. The Morgan fingerprint density at radius 1 is 0.970 bits per heavy atom. The normalized spacial score (nSPS) is 12.2. The second kappa shape index (κ2) is 8.70. The van der Waals surface area contributed by atoms with E-state index in [0.717, 1.165) is 38.4 Å². The lowest BCUT2D eigenvalue weighted by Gasteiger charge is -2.16. The van der Waals surface area contributed by atoms with Crippen molar-refractivity contribution in [3.8, 4) is 5.75 Å². The lowest BCUT2D eigenvalue weighted by molar-refractivity contribution is -0.145. The maximum atomic E-state index is 12.6. The van der Waals surface area contributed by atoms with Gasteiger partial charge in [0.05, 0.1) is 7.11 Å². The topological polar surface area (TPSA) is 93.6 Å². The van der Waals surface area contributed by atoms with Gasteiger partial charge in [-0.25, -0.2) is 4.79 Å². The molecule has 1 unspecified atom stereocenters. The number of aromatic amines is 1. The molecule has 0 bridgehead atoms. The van der Waals surface area contributed by atoms with Gasteiger partial charge in [0.1, 0.15) is 23.0 Å². The van der Waals surface area contributed by atoms with Crippen LogP contribution in [0.15, 0.2) is 77.3 Å². The quantitative estimate of drug-likeness (QED) is 0.366. The third-order valence-electron chi connectivity index (χ3n) is 5.64. The van der Waals surface area contributed by atoms with Crippen molar-refractivity contribution in [2.24, 2.45) is 0 Å². The van der Waals surface area contributed by atoms with Gasteiger partial charge in [-0.2, -0.15) is 0 Å². The predicted octanol–water partition coefficient (Wildman–Crippen LogP) is 4.35. The Morgan fingerprint density at radius 2 is 1.73 bits per heavy atom. The van der Waals surface area contributed by atoms with Crippen LogP contribution in [0.4, 0.5) is 0 Å². The minimum Gasteiger partial charge on any atom is -0.484 e. The van der Waals surface area contributed by atoms with Crippen LogP contribution in [0, 0.1) is 0 Å². The van der Waals surface area contributed by atoms with E-state index in [1.807, 2.05) is 66.9 Å². The second-order valence-corrected chi connectivity index (χ2v) is 7.75. The number of rotatable bonds is 7. The number of H-pyrrole nitrogens is 1. The van der Waals surface area contributed by atoms with Crippen LogP contribution in [-0.4, -0.2) is 36.6 Å². The summed E-state index contributed by atoms with van der Waals surface area (Å²) < 4.78 is 16.4. The molecule has 2 N–H and O–H groups in total. The number of furan rings is 1. The van der Waals surface area contributed by atoms with Crippen LogP contribution in [0.5, 0.6) is 5.75 Å². The fourth-order valence-corrected chi connectivity index (χ4v) is 4.04. The maximum Gasteiger partial charge on any atom is 0.328 e. The van der Waals surface area contributed by atoms with Gasteiger partial charge >= 0.3 is 5.97 Å². The van der Waals surface area contributed by atoms with Crippen LogP contribution in [0.25, 0.3) is 32.8 Å². The maximum absolute atomic E-state index is 12.6. The number of nitrogens with one attached hydrogen (secondary N) is 2. The molecule has 0 aliphatic rings. The monoisotopic (exact) mass is 442 g/mol. The lowest BCUT2D eigenvalue weighted by atomic mass is 10.0. The molecule has 0 spiro atoms. The van der Waals surface area contributed by atoms with Crippen LogP contribution < -0.4 is 10.1 Å². The van der Waals surface area contributed by atoms with E-state index in [1.54, 1.807) is 6.07 Å². The van der Waals surface area contributed by atoms with Crippen LogP contribution in [0.1, 0.15) is 5.56 Å². The highest BCUT2D eigenvalue weighted by atomic mass is 16.5. The molecule has 3 aromatic carbocycles. The zero-order valence-electron chi connectivity index (χ0n) is 18.0. The molecule has 7 nitrogen and oxygen atoms in total. The number of carbonyl (C=O) groups excluding carboxylic acids is 2. The summed E-state index contributed by atoms with van der Waals surface area (Å²) in [4.78, 5) is 28.1. The Morgan fingerprint density at radius 3 is 2.58 bits per heavy atom. The SMILES string of the molecule is COC(=O)C(Cc1c[nH]c2ccccc12)NC(=O)COc1ccc2oc3ccccc3c2c1. The van der Waals surface area contributed by atoms with Crippen molar-refractivity contribution in [3.63, 3.8) is 0 Å². The van der Waals surface area contributed by atoms with Crippen molar-refractivity contribution >= 4 is 44.7 Å². The minimum atomic E-state index is -0.828. The molecule has 2 aromatic heterocycles. The van der Waals surface area contributed by atoms with E-state index in [2.05, 4.69) is 10.3 Å². The predicted molar refractivity (Wildman–Crippen MR) is 125 cm³/mol. The van der Waals surface area contributed by atoms with E-state index in [4.69, 9.17) is 13.9 Å². The molecule has 1 atom stereocenters. The summed E-state index contributed by atoms with van der Waals surface area (Å²) in [6.45, 7) is -0.233. The van der Waals surface area contributed by atoms with Crippen molar-refractivity contribution in [2.45, 2.75) is 12.5 Å². The fraction of sp³-hybridized carbons (Fsp3) is 0.154. The smallest absolute Gasteiger partial charge is 0.328 e. The molecule has 1 amide bonds. The molecule has 33 heavy (non-hydrogen) atoms. The summed E-state index contributed by atoms with van der Waals surface area (Å²) in [7, 11) is 1.30. The van der Waals surface area contributed by atoms with Gasteiger partial charge in [-0.1, -0.05) is 36.4 Å². The average molecular weight is 442 g/mol. The number of methoxy groups -OCH3 is 1. The molecule has 0 aliphatic heterocycles. The Bertz CT molecular complexity index is 1470. The Hall–Kier alpha value is -4.26. The molecule has 0 aliphatic carbocycles. The number of esters is 1. The molecular formula is C26H22N2O5. The third kappa shape index (κ3) is 4.13. The Kier molecular flexibility index (Phi) is 5.44. The van der Waals surface area contributed by atoms with Crippen LogP contribution >= 0.6 is 0 Å². The average Bonchev–Trinajstić information content (AvgIpc) is 3.43. The summed E-state index contributed by atoms with van der Waals surface area (Å²) in [6.07, 6.45) is 2.14. The summed E-state index contributed by atoms with van der Waals surface area (Å²) in [5.41, 5.74) is 3.42. The Labute approximate surface area is 189 Å². The van der Waals surface area contributed by atoms with Crippen LogP contribution in [-0.2, 0) is 20.7 Å². The first-order chi connectivity index (χ1) is 16.1. The van der Waals surface area contributed by atoms with Crippen molar-refractivity contribution in [3.05, 3.63) is 78.5 Å². The van der Waals surface area contributed by atoms with Gasteiger partial charge in [-0.15, -0.1) is 0 Å². The number of amides is 1. The van der Waals surface area contributed by atoms with Crippen molar-refractivity contribution < 1.29 is 23.5 Å². The van der Waals surface area contributed by atoms with Crippen molar-refractivity contribution in [1.29, 1.82) is 0 Å². The summed E-state index contributed by atoms with van der Waals surface area (Å²) >= 11 is 0. The van der Waals surface area contributed by atoms with E-state index < -0.39 is 17.9 Å². The molecule has 0 radical (unpaired) electrons. The number of carbonyl (C=O) groups is 2. The second-order valence-electron chi connectivity index (χ2n) is 7.75. The molecule has 0 saturated carbocycles. The van der Waals surface area contributed by atoms with Gasteiger partial charge in [0, 0.05) is 34.3 Å². The number of hydrogen-bond donors (Lipinski definition) is 2. The summed E-state index contributed by atoms with van der Waals surface area (Å²) in [6, 6.07) is 20.1. The van der Waals surface area contributed by atoms with E-state index in [-0.39, 0.29) is 6.61 Å². The van der Waals surface area contributed by atoms with Crippen molar-refractivity contribution in [1.82, 2.24) is 10.3 Å². The number of aromatic nitrogens is 1. The van der Waals surface area contributed by atoms with Gasteiger partial charge in [0.15, 0.2) is 6.61 Å². The standard InChI is InChI=1S/C26H22N2O5/c1-31-26(30)22(12-16-14-27-21-8-4-2-6-18(16)21)28-25(29)15-32-17-10-11-24-20(13-17)19-7-3-5-9-23(19)33-24/h2-11,13-14,22,27H,12,15H2,1H3,(H,28,29). The molecule has 5 aromatic rings. The van der Waals surface area contributed by atoms with E-state index in [0.29, 0.717) is 12.2 Å². The van der Waals surface area contributed by atoms with Crippen LogP contribution in [0.2, 0.25) is 0 Å². The number of hydrogen-bond acceptors (Lipinski definition) is 5. The summed E-state index contributed by atoms with van der Waals surface area (Å²) in [5, 5.41) is 5.62. The van der Waals surface area contributed by atoms with E-state index >= 15 is 0 Å². The first-order valence-electron chi connectivity index (χ1n) is 10.6. The molecule has 0 fully saturated rings. The fourth-order valence-electron chi connectivity index (χ4n) is 4.04. The summed E-state index contributed by atoms with van der Waals surface area (Å²) in [5.74, 6) is -0.391. The highest BCUT2D eigenvalue weighted by Gasteiger charge is 2.23. The molecule has 2 heterocycles. The first-order valence-corrected chi connectivity index (χ1v) is 10.6. The van der Waals surface area contributed by atoms with E-state index in [9.17, 15) is 9.59 Å². The van der Waals surface area contributed by atoms with Gasteiger partial charge in [0.25, 0.3) is 5.91 Å². The van der Waals surface area contributed by atoms with Gasteiger partial charge in [-0.3, -0.25) is 4.79 Å². The highest BCUT2D eigenvalue weighted by Crippen LogP contribution is 2.31. The molecule has 5 rings (SSSR count). The largest absolute Gasteiger partial charge is 0.484 e. The lowest BCUT2D eigenvalue weighted by Crippen LogP contribution is -2.44. The van der Waals surface area contributed by atoms with Crippen molar-refractivity contribution in [2.75, 3.05) is 13.7 Å². The molecule has 0 saturated heterocycles. The van der Waals surface area contributed by atoms with Gasteiger partial charge < -0.3 is 24.2 Å². The highest BCUT2D eigenvalue weighted by molar-refractivity contribution is 6.05. The van der Waals surface area contributed by atoms with E-state index in [1.165, 1.54) is 7.11 Å². The number of ether oxygens (including phenoxy) is 2. The van der Waals surface area contributed by atoms with Gasteiger partial charge in [0.2, 0.25) is 0 Å².